The number of hydrogen-bond donors (Lipinski definition) is 2. The van der Waals surface area contributed by atoms with E-state index in [1.165, 1.54) is 12.8 Å². The maximum atomic E-state index is 12.9. The first-order valence-electron chi connectivity index (χ1n) is 9.94. The molecule has 148 valence electrons. The van der Waals surface area contributed by atoms with E-state index in [-0.39, 0.29) is 17.7 Å². The summed E-state index contributed by atoms with van der Waals surface area (Å²) in [6.45, 7) is 0.816. The van der Waals surface area contributed by atoms with Gasteiger partial charge in [-0.05, 0) is 48.6 Å². The molecule has 0 bridgehead atoms. The molecule has 0 aliphatic heterocycles. The van der Waals surface area contributed by atoms with E-state index in [9.17, 15) is 9.59 Å². The van der Waals surface area contributed by atoms with Gasteiger partial charge in [0.05, 0.1) is 13.0 Å². The summed E-state index contributed by atoms with van der Waals surface area (Å²) in [4.78, 5) is 25.0. The molecular formula is C23H28N2O3. The molecule has 0 spiro atoms. The minimum atomic E-state index is -0.154. The molecular weight excluding hydrogens is 352 g/mol. The number of benzene rings is 2. The second-order valence-corrected chi connectivity index (χ2v) is 7.21. The van der Waals surface area contributed by atoms with Crippen LogP contribution in [0.25, 0.3) is 0 Å². The highest BCUT2D eigenvalue weighted by Gasteiger charge is 2.31. The van der Waals surface area contributed by atoms with Gasteiger partial charge in [-0.2, -0.15) is 0 Å². The molecule has 0 saturated heterocycles. The van der Waals surface area contributed by atoms with Gasteiger partial charge in [-0.15, -0.1) is 0 Å². The zero-order valence-electron chi connectivity index (χ0n) is 16.3. The second kappa shape index (κ2) is 9.93. The summed E-state index contributed by atoms with van der Waals surface area (Å²) in [5.74, 6) is 0.909. The Morgan fingerprint density at radius 2 is 1.61 bits per heavy atom. The smallest absolute Gasteiger partial charge is 0.251 e. The Balaban J connectivity index is 1.56. The summed E-state index contributed by atoms with van der Waals surface area (Å²) in [6, 6.07) is 16.9. The fourth-order valence-corrected chi connectivity index (χ4v) is 3.90. The zero-order chi connectivity index (χ0) is 19.8. The van der Waals surface area contributed by atoms with Crippen LogP contribution in [0.5, 0.6) is 5.75 Å². The largest absolute Gasteiger partial charge is 0.497 e. The third-order valence-corrected chi connectivity index (χ3v) is 5.37. The Hall–Kier alpha value is -2.82. The molecule has 2 aromatic rings. The van der Waals surface area contributed by atoms with Crippen LogP contribution >= 0.6 is 0 Å². The Bertz CT molecular complexity index is 768. The van der Waals surface area contributed by atoms with Crippen molar-refractivity contribution < 1.29 is 14.3 Å². The predicted molar refractivity (Wildman–Crippen MR) is 109 cm³/mol. The molecule has 2 amide bonds. The molecule has 1 atom stereocenters. The summed E-state index contributed by atoms with van der Waals surface area (Å²) in [6.07, 6.45) is 4.51. The Kier molecular flexibility index (Phi) is 7.06. The van der Waals surface area contributed by atoms with Crippen molar-refractivity contribution in [2.75, 3.05) is 20.2 Å². The summed E-state index contributed by atoms with van der Waals surface area (Å²) in [5, 5.41) is 5.86. The summed E-state index contributed by atoms with van der Waals surface area (Å²) in [5.41, 5.74) is 1.65. The quantitative estimate of drug-likeness (QED) is 0.689. The van der Waals surface area contributed by atoms with Crippen LogP contribution in [-0.4, -0.2) is 32.0 Å². The topological polar surface area (TPSA) is 67.4 Å². The molecule has 5 nitrogen and oxygen atoms in total. The molecule has 1 saturated carbocycles. The average Bonchev–Trinajstić information content (AvgIpc) is 3.26. The van der Waals surface area contributed by atoms with Crippen LogP contribution in [0.15, 0.2) is 54.6 Å². The summed E-state index contributed by atoms with van der Waals surface area (Å²) >= 11 is 0. The van der Waals surface area contributed by atoms with Gasteiger partial charge in [0.15, 0.2) is 0 Å². The molecule has 2 aromatic carbocycles. The predicted octanol–water partition coefficient (Wildman–Crippen LogP) is 3.52. The number of carbonyl (C=O) groups is 2. The van der Waals surface area contributed by atoms with Crippen LogP contribution in [0.2, 0.25) is 0 Å². The molecule has 1 fully saturated rings. The number of hydrogen-bond acceptors (Lipinski definition) is 3. The number of amides is 2. The molecule has 5 heteroatoms. The summed E-state index contributed by atoms with van der Waals surface area (Å²) in [7, 11) is 1.64. The molecule has 1 aliphatic rings. The SMILES string of the molecule is COc1ccc(C(C(=O)NCCNC(=O)c2ccccc2)C2CCCC2)cc1. The van der Waals surface area contributed by atoms with Gasteiger partial charge in [0, 0.05) is 18.7 Å². The lowest BCUT2D eigenvalue weighted by atomic mass is 9.84. The molecule has 2 N–H and O–H groups in total. The van der Waals surface area contributed by atoms with E-state index in [0.717, 1.165) is 24.2 Å². The molecule has 0 aromatic heterocycles. The van der Waals surface area contributed by atoms with Crippen molar-refractivity contribution in [1.82, 2.24) is 10.6 Å². The third-order valence-electron chi connectivity index (χ3n) is 5.37. The number of rotatable bonds is 8. The van der Waals surface area contributed by atoms with Crippen LogP contribution in [0, 0.1) is 5.92 Å². The van der Waals surface area contributed by atoms with Gasteiger partial charge in [0.25, 0.3) is 5.91 Å². The van der Waals surface area contributed by atoms with E-state index in [1.54, 1.807) is 19.2 Å². The number of ether oxygens (including phenoxy) is 1. The summed E-state index contributed by atoms with van der Waals surface area (Å²) < 4.78 is 5.23. The lowest BCUT2D eigenvalue weighted by Gasteiger charge is -2.23. The van der Waals surface area contributed by atoms with Crippen LogP contribution in [-0.2, 0) is 4.79 Å². The fourth-order valence-electron chi connectivity index (χ4n) is 3.90. The van der Waals surface area contributed by atoms with Crippen molar-refractivity contribution in [2.24, 2.45) is 5.92 Å². The van der Waals surface area contributed by atoms with E-state index in [2.05, 4.69) is 10.6 Å². The van der Waals surface area contributed by atoms with Gasteiger partial charge in [0.1, 0.15) is 5.75 Å². The maximum Gasteiger partial charge on any atom is 0.251 e. The van der Waals surface area contributed by atoms with Crippen molar-refractivity contribution in [3.63, 3.8) is 0 Å². The van der Waals surface area contributed by atoms with E-state index in [4.69, 9.17) is 4.74 Å². The van der Waals surface area contributed by atoms with Crippen molar-refractivity contribution in [3.8, 4) is 5.75 Å². The highest BCUT2D eigenvalue weighted by molar-refractivity contribution is 5.94. The number of carbonyl (C=O) groups excluding carboxylic acids is 2. The van der Waals surface area contributed by atoms with Crippen molar-refractivity contribution >= 4 is 11.8 Å². The van der Waals surface area contributed by atoms with Gasteiger partial charge in [0.2, 0.25) is 5.91 Å². The minimum Gasteiger partial charge on any atom is -0.497 e. The van der Waals surface area contributed by atoms with Gasteiger partial charge in [-0.1, -0.05) is 43.2 Å². The standard InChI is InChI=1S/C23H28N2O3/c1-28-20-13-11-18(12-14-20)21(17-7-5-6-8-17)23(27)25-16-15-24-22(26)19-9-3-2-4-10-19/h2-4,9-14,17,21H,5-8,15-16H2,1H3,(H,24,26)(H,25,27). The van der Waals surface area contributed by atoms with E-state index >= 15 is 0 Å². The molecule has 3 rings (SSSR count). The molecule has 1 aliphatic carbocycles. The van der Waals surface area contributed by atoms with E-state index in [1.807, 2.05) is 42.5 Å². The van der Waals surface area contributed by atoms with E-state index in [0.29, 0.717) is 24.6 Å². The van der Waals surface area contributed by atoms with Crippen LogP contribution in [0.3, 0.4) is 0 Å². The van der Waals surface area contributed by atoms with Crippen molar-refractivity contribution in [3.05, 3.63) is 65.7 Å². The zero-order valence-corrected chi connectivity index (χ0v) is 16.3. The molecule has 0 radical (unpaired) electrons. The lowest BCUT2D eigenvalue weighted by molar-refractivity contribution is -0.123. The van der Waals surface area contributed by atoms with Crippen LogP contribution in [0.4, 0.5) is 0 Å². The highest BCUT2D eigenvalue weighted by atomic mass is 16.5. The minimum absolute atomic E-state index is 0.0334. The number of nitrogens with one attached hydrogen (secondary N) is 2. The maximum absolute atomic E-state index is 12.9. The van der Waals surface area contributed by atoms with Crippen molar-refractivity contribution in [1.29, 1.82) is 0 Å². The molecule has 28 heavy (non-hydrogen) atoms. The Morgan fingerprint density at radius 3 is 2.25 bits per heavy atom. The second-order valence-electron chi connectivity index (χ2n) is 7.21. The van der Waals surface area contributed by atoms with Gasteiger partial charge in [-0.3, -0.25) is 9.59 Å². The normalized spacial score (nSPS) is 15.0. The molecule has 1 unspecified atom stereocenters. The first kappa shape index (κ1) is 19.9. The highest BCUT2D eigenvalue weighted by Crippen LogP contribution is 2.37. The van der Waals surface area contributed by atoms with E-state index < -0.39 is 0 Å². The van der Waals surface area contributed by atoms with Crippen LogP contribution < -0.4 is 15.4 Å². The Labute approximate surface area is 166 Å². The molecule has 0 heterocycles. The van der Waals surface area contributed by atoms with Crippen molar-refractivity contribution in [2.45, 2.75) is 31.6 Å². The average molecular weight is 380 g/mol. The first-order chi connectivity index (χ1) is 13.7. The fraction of sp³-hybridized carbons (Fsp3) is 0.391. The Morgan fingerprint density at radius 1 is 0.964 bits per heavy atom. The lowest BCUT2D eigenvalue weighted by Crippen LogP contribution is -2.38. The van der Waals surface area contributed by atoms with Gasteiger partial charge < -0.3 is 15.4 Å². The third kappa shape index (κ3) is 5.12. The number of methoxy groups -OCH3 is 1. The van der Waals surface area contributed by atoms with Gasteiger partial charge >= 0.3 is 0 Å². The van der Waals surface area contributed by atoms with Gasteiger partial charge in [-0.25, -0.2) is 0 Å². The first-order valence-corrected chi connectivity index (χ1v) is 9.94. The van der Waals surface area contributed by atoms with Crippen LogP contribution in [0.1, 0.15) is 47.5 Å². The monoisotopic (exact) mass is 380 g/mol.